The number of anilines is 1. The maximum Gasteiger partial charge on any atom is 0.147 e. The molecule has 0 amide bonds. The van der Waals surface area contributed by atoms with Gasteiger partial charge in [0.25, 0.3) is 0 Å². The number of hydrogen-bond acceptors (Lipinski definition) is 3. The van der Waals surface area contributed by atoms with Crippen LogP contribution in [-0.2, 0) is 13.1 Å². The first kappa shape index (κ1) is 11.9. The van der Waals surface area contributed by atoms with Gasteiger partial charge in [-0.05, 0) is 25.1 Å². The fourth-order valence-electron chi connectivity index (χ4n) is 1.50. The highest BCUT2D eigenvalue weighted by molar-refractivity contribution is 6.30. The highest BCUT2D eigenvalue weighted by atomic mass is 35.5. The van der Waals surface area contributed by atoms with Crippen molar-refractivity contribution in [2.24, 2.45) is 0 Å². The van der Waals surface area contributed by atoms with Gasteiger partial charge in [0, 0.05) is 11.6 Å². The summed E-state index contributed by atoms with van der Waals surface area (Å²) in [6.45, 7) is 3.13. The van der Waals surface area contributed by atoms with E-state index in [0.717, 1.165) is 12.4 Å². The molecule has 1 N–H and O–H groups in total. The molecule has 0 unspecified atom stereocenters. The monoisotopic (exact) mass is 254 g/mol. The Kier molecular flexibility index (Phi) is 3.58. The van der Waals surface area contributed by atoms with Crippen LogP contribution < -0.4 is 5.32 Å². The second-order valence-corrected chi connectivity index (χ2v) is 3.91. The van der Waals surface area contributed by atoms with Gasteiger partial charge in [0.1, 0.15) is 18.0 Å². The third kappa shape index (κ3) is 2.74. The van der Waals surface area contributed by atoms with Gasteiger partial charge in [0.15, 0.2) is 0 Å². The van der Waals surface area contributed by atoms with Crippen LogP contribution in [-0.4, -0.2) is 14.8 Å². The van der Waals surface area contributed by atoms with Crippen molar-refractivity contribution in [3.63, 3.8) is 0 Å². The molecule has 0 aliphatic heterocycles. The summed E-state index contributed by atoms with van der Waals surface area (Å²) in [6, 6.07) is 4.51. The summed E-state index contributed by atoms with van der Waals surface area (Å²) in [5, 5.41) is 7.37. The minimum absolute atomic E-state index is 0.375. The maximum atomic E-state index is 13.5. The molecule has 2 aromatic rings. The summed E-state index contributed by atoms with van der Waals surface area (Å²) < 4.78 is 15.2. The van der Waals surface area contributed by atoms with Crippen molar-refractivity contribution < 1.29 is 4.39 Å². The molecule has 90 valence electrons. The topological polar surface area (TPSA) is 42.7 Å². The largest absolute Gasteiger partial charge is 0.375 e. The normalized spacial score (nSPS) is 10.5. The van der Waals surface area contributed by atoms with Gasteiger partial charge in [-0.3, -0.25) is 0 Å². The van der Waals surface area contributed by atoms with Crippen molar-refractivity contribution in [2.75, 3.05) is 5.32 Å². The molecule has 0 aliphatic rings. The number of aromatic nitrogens is 3. The standard InChI is InChI=1S/C11H12ClFN4/c1-2-17-11(15-7-16-17)6-14-10-4-3-8(12)5-9(10)13/h3-5,7,14H,2,6H2,1H3. The van der Waals surface area contributed by atoms with Gasteiger partial charge >= 0.3 is 0 Å². The van der Waals surface area contributed by atoms with Gasteiger partial charge in [-0.1, -0.05) is 11.6 Å². The molecule has 0 atom stereocenters. The predicted octanol–water partition coefficient (Wildman–Crippen LogP) is 2.70. The average molecular weight is 255 g/mol. The summed E-state index contributed by atoms with van der Waals surface area (Å²) in [6.07, 6.45) is 1.48. The molecule has 0 spiro atoms. The fourth-order valence-corrected chi connectivity index (χ4v) is 1.66. The van der Waals surface area contributed by atoms with Gasteiger partial charge in [-0.2, -0.15) is 5.10 Å². The van der Waals surface area contributed by atoms with Crippen LogP contribution in [0, 0.1) is 5.82 Å². The van der Waals surface area contributed by atoms with E-state index < -0.39 is 0 Å². The van der Waals surface area contributed by atoms with Gasteiger partial charge in [-0.15, -0.1) is 0 Å². The molecular formula is C11H12ClFN4. The van der Waals surface area contributed by atoms with E-state index in [2.05, 4.69) is 15.4 Å². The molecule has 0 bridgehead atoms. The second kappa shape index (κ2) is 5.14. The zero-order valence-corrected chi connectivity index (χ0v) is 10.1. The number of nitrogens with zero attached hydrogens (tertiary/aromatic N) is 3. The van der Waals surface area contributed by atoms with Crippen LogP contribution in [0.15, 0.2) is 24.5 Å². The molecule has 6 heteroatoms. The third-order valence-corrected chi connectivity index (χ3v) is 2.60. The molecule has 1 aromatic carbocycles. The predicted molar refractivity (Wildman–Crippen MR) is 64.4 cm³/mol. The van der Waals surface area contributed by atoms with E-state index in [4.69, 9.17) is 11.6 Å². The van der Waals surface area contributed by atoms with E-state index in [-0.39, 0.29) is 5.82 Å². The molecule has 2 rings (SSSR count). The molecular weight excluding hydrogens is 243 g/mol. The Morgan fingerprint density at radius 3 is 3.00 bits per heavy atom. The van der Waals surface area contributed by atoms with Crippen LogP contribution >= 0.6 is 11.6 Å². The SMILES string of the molecule is CCn1ncnc1CNc1ccc(Cl)cc1F. The highest BCUT2D eigenvalue weighted by Crippen LogP contribution is 2.19. The summed E-state index contributed by atoms with van der Waals surface area (Å²) in [5.74, 6) is 0.391. The lowest BCUT2D eigenvalue weighted by Crippen LogP contribution is -2.09. The average Bonchev–Trinajstić information content (AvgIpc) is 2.75. The van der Waals surface area contributed by atoms with Crippen molar-refractivity contribution in [2.45, 2.75) is 20.0 Å². The van der Waals surface area contributed by atoms with Crippen LogP contribution in [0.1, 0.15) is 12.7 Å². The summed E-state index contributed by atoms with van der Waals surface area (Å²) in [4.78, 5) is 4.09. The zero-order chi connectivity index (χ0) is 12.3. The van der Waals surface area contributed by atoms with Crippen molar-refractivity contribution >= 4 is 17.3 Å². The van der Waals surface area contributed by atoms with Gasteiger partial charge < -0.3 is 5.32 Å². The first-order valence-corrected chi connectivity index (χ1v) is 5.64. The summed E-state index contributed by atoms with van der Waals surface area (Å²) in [7, 11) is 0. The van der Waals surface area contributed by atoms with Crippen molar-refractivity contribution in [1.82, 2.24) is 14.8 Å². The van der Waals surface area contributed by atoms with E-state index >= 15 is 0 Å². The summed E-state index contributed by atoms with van der Waals surface area (Å²) in [5.41, 5.74) is 0.403. The van der Waals surface area contributed by atoms with Crippen molar-refractivity contribution in [3.8, 4) is 0 Å². The lowest BCUT2D eigenvalue weighted by Gasteiger charge is -2.07. The van der Waals surface area contributed by atoms with Crippen LogP contribution in [0.5, 0.6) is 0 Å². The second-order valence-electron chi connectivity index (χ2n) is 3.47. The van der Waals surface area contributed by atoms with E-state index in [1.54, 1.807) is 16.8 Å². The van der Waals surface area contributed by atoms with Gasteiger partial charge in [0.05, 0.1) is 12.2 Å². The molecule has 0 radical (unpaired) electrons. The molecule has 1 heterocycles. The first-order valence-electron chi connectivity index (χ1n) is 5.26. The van der Waals surface area contributed by atoms with Gasteiger partial charge in [-0.25, -0.2) is 14.1 Å². The highest BCUT2D eigenvalue weighted by Gasteiger charge is 2.05. The zero-order valence-electron chi connectivity index (χ0n) is 9.32. The van der Waals surface area contributed by atoms with E-state index in [9.17, 15) is 4.39 Å². The lowest BCUT2D eigenvalue weighted by atomic mass is 10.3. The Morgan fingerprint density at radius 2 is 2.29 bits per heavy atom. The molecule has 1 aromatic heterocycles. The molecule has 0 fully saturated rings. The van der Waals surface area contributed by atoms with E-state index in [1.165, 1.54) is 12.4 Å². The minimum atomic E-state index is -0.375. The number of aryl methyl sites for hydroxylation is 1. The number of benzene rings is 1. The van der Waals surface area contributed by atoms with Crippen LogP contribution in [0.2, 0.25) is 5.02 Å². The van der Waals surface area contributed by atoms with Gasteiger partial charge in [0.2, 0.25) is 0 Å². The van der Waals surface area contributed by atoms with Crippen LogP contribution in [0.25, 0.3) is 0 Å². The molecule has 4 nitrogen and oxygen atoms in total. The number of hydrogen-bond donors (Lipinski definition) is 1. The lowest BCUT2D eigenvalue weighted by molar-refractivity contribution is 0.615. The third-order valence-electron chi connectivity index (χ3n) is 2.36. The van der Waals surface area contributed by atoms with E-state index in [1.807, 2.05) is 6.92 Å². The van der Waals surface area contributed by atoms with E-state index in [0.29, 0.717) is 17.3 Å². The number of rotatable bonds is 4. The number of halogens is 2. The van der Waals surface area contributed by atoms with Crippen molar-refractivity contribution in [1.29, 1.82) is 0 Å². The maximum absolute atomic E-state index is 13.5. The Labute approximate surface area is 103 Å². The summed E-state index contributed by atoms with van der Waals surface area (Å²) >= 11 is 5.67. The van der Waals surface area contributed by atoms with Crippen LogP contribution in [0.4, 0.5) is 10.1 Å². The Balaban J connectivity index is 2.07. The quantitative estimate of drug-likeness (QED) is 0.912. The molecule has 0 saturated heterocycles. The first-order chi connectivity index (χ1) is 8.20. The molecule has 0 saturated carbocycles. The Bertz CT molecular complexity index is 512. The smallest absolute Gasteiger partial charge is 0.147 e. The van der Waals surface area contributed by atoms with Crippen molar-refractivity contribution in [3.05, 3.63) is 41.2 Å². The Hall–Kier alpha value is -1.62. The van der Waals surface area contributed by atoms with Crippen LogP contribution in [0.3, 0.4) is 0 Å². The minimum Gasteiger partial charge on any atom is -0.375 e. The molecule has 17 heavy (non-hydrogen) atoms. The number of nitrogens with one attached hydrogen (secondary N) is 1. The fraction of sp³-hybridized carbons (Fsp3) is 0.273. The molecule has 0 aliphatic carbocycles. The Morgan fingerprint density at radius 1 is 1.47 bits per heavy atom.